The molecule has 1 amide bonds. The van der Waals surface area contributed by atoms with Crippen LogP contribution < -0.4 is 11.1 Å². The third-order valence-corrected chi connectivity index (χ3v) is 4.40. The van der Waals surface area contributed by atoms with E-state index in [9.17, 15) is 4.79 Å². The molecular weight excluding hydrogens is 262 g/mol. The van der Waals surface area contributed by atoms with E-state index in [-0.39, 0.29) is 17.9 Å². The Labute approximate surface area is 125 Å². The van der Waals surface area contributed by atoms with Crippen molar-refractivity contribution in [1.82, 2.24) is 9.88 Å². The lowest BCUT2D eigenvalue weighted by Crippen LogP contribution is -2.31. The zero-order valence-corrected chi connectivity index (χ0v) is 12.3. The third kappa shape index (κ3) is 3.27. The molecule has 21 heavy (non-hydrogen) atoms. The summed E-state index contributed by atoms with van der Waals surface area (Å²) >= 11 is 0. The zero-order valence-electron chi connectivity index (χ0n) is 12.3. The molecule has 0 spiro atoms. The van der Waals surface area contributed by atoms with Gasteiger partial charge in [-0.25, -0.2) is 0 Å². The van der Waals surface area contributed by atoms with E-state index in [2.05, 4.69) is 46.4 Å². The zero-order chi connectivity index (χ0) is 14.7. The number of hydrogen-bond donors (Lipinski definition) is 2. The van der Waals surface area contributed by atoms with Gasteiger partial charge in [0, 0.05) is 36.8 Å². The van der Waals surface area contributed by atoms with Crippen LogP contribution in [0.4, 0.5) is 0 Å². The van der Waals surface area contributed by atoms with E-state index in [1.165, 1.54) is 10.9 Å². The monoisotopic (exact) mass is 285 g/mol. The van der Waals surface area contributed by atoms with E-state index < -0.39 is 0 Å². The fraction of sp³-hybridized carbons (Fsp3) is 0.471. The summed E-state index contributed by atoms with van der Waals surface area (Å²) in [4.78, 5) is 12.0. The summed E-state index contributed by atoms with van der Waals surface area (Å²) in [6, 6.07) is 10.7. The molecule has 1 aromatic carbocycles. The van der Waals surface area contributed by atoms with Gasteiger partial charge in [-0.05, 0) is 43.2 Å². The fourth-order valence-electron chi connectivity index (χ4n) is 3.20. The van der Waals surface area contributed by atoms with Crippen LogP contribution in [0.25, 0.3) is 10.9 Å². The fourth-order valence-corrected chi connectivity index (χ4v) is 3.20. The molecule has 2 aromatic rings. The van der Waals surface area contributed by atoms with E-state index in [0.717, 1.165) is 38.8 Å². The number of amides is 1. The SMILES string of the molecule is NC1CCC(C(=O)NCCCn2ccc3ccccc32)C1. The lowest BCUT2D eigenvalue weighted by atomic mass is 10.1. The summed E-state index contributed by atoms with van der Waals surface area (Å²) in [6.45, 7) is 1.66. The predicted octanol–water partition coefficient (Wildman–Crippen LogP) is 2.27. The second-order valence-electron chi connectivity index (χ2n) is 5.98. The largest absolute Gasteiger partial charge is 0.356 e. The number of para-hydroxylation sites is 1. The molecule has 1 fully saturated rings. The first-order valence-electron chi connectivity index (χ1n) is 7.81. The first-order valence-corrected chi connectivity index (χ1v) is 7.81. The Hall–Kier alpha value is -1.81. The van der Waals surface area contributed by atoms with E-state index in [4.69, 9.17) is 5.73 Å². The number of aryl methyl sites for hydroxylation is 1. The number of nitrogens with zero attached hydrogens (tertiary/aromatic N) is 1. The molecular formula is C17H23N3O. The van der Waals surface area contributed by atoms with E-state index in [1.807, 2.05) is 0 Å². The number of carbonyl (C=O) groups excluding carboxylic acids is 1. The van der Waals surface area contributed by atoms with Crippen molar-refractivity contribution >= 4 is 16.8 Å². The highest BCUT2D eigenvalue weighted by atomic mass is 16.1. The quantitative estimate of drug-likeness (QED) is 0.828. The number of hydrogen-bond acceptors (Lipinski definition) is 2. The van der Waals surface area contributed by atoms with Crippen LogP contribution in [0, 0.1) is 5.92 Å². The maximum atomic E-state index is 12.0. The lowest BCUT2D eigenvalue weighted by Gasteiger charge is -2.11. The van der Waals surface area contributed by atoms with Crippen molar-refractivity contribution in [3.8, 4) is 0 Å². The van der Waals surface area contributed by atoms with Crippen LogP contribution in [0.1, 0.15) is 25.7 Å². The van der Waals surface area contributed by atoms with Gasteiger partial charge in [0.05, 0.1) is 0 Å². The first kappa shape index (κ1) is 14.1. The van der Waals surface area contributed by atoms with Crippen LogP contribution in [0.5, 0.6) is 0 Å². The molecule has 1 aliphatic rings. The summed E-state index contributed by atoms with van der Waals surface area (Å²) in [7, 11) is 0. The molecule has 1 saturated carbocycles. The second kappa shape index (κ2) is 6.31. The van der Waals surface area contributed by atoms with Gasteiger partial charge in [0.25, 0.3) is 0 Å². The Morgan fingerprint density at radius 1 is 1.29 bits per heavy atom. The minimum atomic E-state index is 0.132. The number of aromatic nitrogens is 1. The molecule has 3 rings (SSSR count). The van der Waals surface area contributed by atoms with Crippen molar-refractivity contribution in [3.63, 3.8) is 0 Å². The van der Waals surface area contributed by atoms with Gasteiger partial charge in [-0.2, -0.15) is 0 Å². The molecule has 0 aliphatic heterocycles. The highest BCUT2D eigenvalue weighted by Gasteiger charge is 2.27. The first-order chi connectivity index (χ1) is 10.2. The van der Waals surface area contributed by atoms with Crippen LogP contribution in [0.3, 0.4) is 0 Å². The number of fused-ring (bicyclic) bond motifs is 1. The van der Waals surface area contributed by atoms with E-state index in [1.54, 1.807) is 0 Å². The summed E-state index contributed by atoms with van der Waals surface area (Å²) < 4.78 is 2.24. The summed E-state index contributed by atoms with van der Waals surface area (Å²) in [6.07, 6.45) is 5.82. The normalized spacial score (nSPS) is 21.8. The van der Waals surface area contributed by atoms with Crippen molar-refractivity contribution in [3.05, 3.63) is 36.5 Å². The maximum Gasteiger partial charge on any atom is 0.223 e. The molecule has 4 heteroatoms. The van der Waals surface area contributed by atoms with Crippen LogP contribution in [0.15, 0.2) is 36.5 Å². The maximum absolute atomic E-state index is 12.0. The Morgan fingerprint density at radius 2 is 2.14 bits per heavy atom. The van der Waals surface area contributed by atoms with Crippen LogP contribution in [-0.4, -0.2) is 23.1 Å². The summed E-state index contributed by atoms with van der Waals surface area (Å²) in [5.74, 6) is 0.313. The average Bonchev–Trinajstić information content (AvgIpc) is 3.10. The Morgan fingerprint density at radius 3 is 2.95 bits per heavy atom. The number of nitrogens with one attached hydrogen (secondary N) is 1. The number of nitrogens with two attached hydrogens (primary N) is 1. The average molecular weight is 285 g/mol. The number of carbonyl (C=O) groups is 1. The number of benzene rings is 1. The molecule has 0 saturated heterocycles. The molecule has 4 nitrogen and oxygen atoms in total. The van der Waals surface area contributed by atoms with Crippen LogP contribution in [0.2, 0.25) is 0 Å². The molecule has 2 atom stereocenters. The molecule has 3 N–H and O–H groups in total. The molecule has 1 heterocycles. The molecule has 1 aromatic heterocycles. The number of rotatable bonds is 5. The van der Waals surface area contributed by atoms with Gasteiger partial charge in [0.15, 0.2) is 0 Å². The Bertz CT molecular complexity index is 619. The van der Waals surface area contributed by atoms with Gasteiger partial charge in [-0.3, -0.25) is 4.79 Å². The Balaban J connectivity index is 1.45. The van der Waals surface area contributed by atoms with E-state index >= 15 is 0 Å². The van der Waals surface area contributed by atoms with Crippen molar-refractivity contribution in [2.45, 2.75) is 38.3 Å². The summed E-state index contributed by atoms with van der Waals surface area (Å²) in [5.41, 5.74) is 7.11. The van der Waals surface area contributed by atoms with Crippen molar-refractivity contribution in [1.29, 1.82) is 0 Å². The molecule has 0 radical (unpaired) electrons. The Kier molecular flexibility index (Phi) is 4.25. The molecule has 2 unspecified atom stereocenters. The summed E-state index contributed by atoms with van der Waals surface area (Å²) in [5, 5.41) is 4.31. The smallest absolute Gasteiger partial charge is 0.223 e. The minimum Gasteiger partial charge on any atom is -0.356 e. The minimum absolute atomic E-state index is 0.132. The molecule has 1 aliphatic carbocycles. The third-order valence-electron chi connectivity index (χ3n) is 4.40. The lowest BCUT2D eigenvalue weighted by molar-refractivity contribution is -0.124. The van der Waals surface area contributed by atoms with Crippen LogP contribution >= 0.6 is 0 Å². The van der Waals surface area contributed by atoms with Gasteiger partial charge in [0.2, 0.25) is 5.91 Å². The van der Waals surface area contributed by atoms with Gasteiger partial charge < -0.3 is 15.6 Å². The predicted molar refractivity (Wildman–Crippen MR) is 84.9 cm³/mol. The molecule has 0 bridgehead atoms. The van der Waals surface area contributed by atoms with Crippen LogP contribution in [-0.2, 0) is 11.3 Å². The van der Waals surface area contributed by atoms with E-state index in [0.29, 0.717) is 0 Å². The standard InChI is InChI=1S/C17H23N3O/c18-15-7-6-14(12-15)17(21)19-9-3-10-20-11-8-13-4-1-2-5-16(13)20/h1-2,4-5,8,11,14-15H,3,6-7,9-10,12,18H2,(H,19,21). The van der Waals surface area contributed by atoms with Gasteiger partial charge in [-0.1, -0.05) is 18.2 Å². The second-order valence-corrected chi connectivity index (χ2v) is 5.98. The highest BCUT2D eigenvalue weighted by molar-refractivity contribution is 5.80. The van der Waals surface area contributed by atoms with Gasteiger partial charge in [0.1, 0.15) is 0 Å². The topological polar surface area (TPSA) is 60.1 Å². The van der Waals surface area contributed by atoms with Gasteiger partial charge in [-0.15, -0.1) is 0 Å². The van der Waals surface area contributed by atoms with Crippen molar-refractivity contribution in [2.24, 2.45) is 11.7 Å². The molecule has 112 valence electrons. The van der Waals surface area contributed by atoms with Crippen molar-refractivity contribution < 1.29 is 4.79 Å². The van der Waals surface area contributed by atoms with Gasteiger partial charge >= 0.3 is 0 Å². The van der Waals surface area contributed by atoms with Crippen molar-refractivity contribution in [2.75, 3.05) is 6.54 Å². The highest BCUT2D eigenvalue weighted by Crippen LogP contribution is 2.24.